The molecule has 2 aliphatic rings. The Balaban J connectivity index is 1.83. The van der Waals surface area contributed by atoms with Crippen LogP contribution >= 0.6 is 0 Å². The van der Waals surface area contributed by atoms with Gasteiger partial charge in [-0.15, -0.1) is 0 Å². The van der Waals surface area contributed by atoms with Crippen LogP contribution in [0.1, 0.15) is 52.0 Å². The number of piperidine rings is 1. The van der Waals surface area contributed by atoms with Gasteiger partial charge in [-0.25, -0.2) is 4.79 Å². The number of carbonyl (C=O) groups excluding carboxylic acids is 1. The third-order valence-electron chi connectivity index (χ3n) is 4.13. The van der Waals surface area contributed by atoms with E-state index in [9.17, 15) is 4.79 Å². The summed E-state index contributed by atoms with van der Waals surface area (Å²) in [4.78, 5) is 14.4. The number of fused-ring (bicyclic) bond motifs is 2. The molecule has 0 aliphatic carbocycles. The minimum Gasteiger partial charge on any atom is -0.472 e. The van der Waals surface area contributed by atoms with Crippen molar-refractivity contribution in [2.24, 2.45) is 0 Å². The maximum atomic E-state index is 12.5. The summed E-state index contributed by atoms with van der Waals surface area (Å²) in [6.45, 7) is 5.74. The summed E-state index contributed by atoms with van der Waals surface area (Å²) >= 11 is 0. The molecule has 0 aromatic carbocycles. The van der Waals surface area contributed by atoms with Crippen LogP contribution in [-0.2, 0) is 4.74 Å². The molecule has 1 saturated heterocycles. The monoisotopic (exact) mass is 289 g/mol. The van der Waals surface area contributed by atoms with E-state index in [1.807, 2.05) is 31.7 Å². The number of hydrogen-bond donors (Lipinski definition) is 0. The molecule has 1 aromatic rings. The van der Waals surface area contributed by atoms with Gasteiger partial charge in [-0.1, -0.05) is 6.08 Å². The highest BCUT2D eigenvalue weighted by Crippen LogP contribution is 2.37. The lowest BCUT2D eigenvalue weighted by Crippen LogP contribution is -2.52. The molecule has 2 bridgehead atoms. The Morgan fingerprint density at radius 1 is 1.38 bits per heavy atom. The first-order chi connectivity index (χ1) is 9.94. The summed E-state index contributed by atoms with van der Waals surface area (Å²) in [5.74, 6) is 0. The average Bonchev–Trinajstić information content (AvgIpc) is 2.88. The third-order valence-corrected chi connectivity index (χ3v) is 4.13. The smallest absolute Gasteiger partial charge is 0.411 e. The molecule has 0 saturated carbocycles. The Bertz CT molecular complexity index is 539. The van der Waals surface area contributed by atoms with Gasteiger partial charge in [-0.3, -0.25) is 4.90 Å². The summed E-state index contributed by atoms with van der Waals surface area (Å²) in [5.41, 5.74) is 1.98. The summed E-state index contributed by atoms with van der Waals surface area (Å²) in [7, 11) is 0. The molecule has 2 unspecified atom stereocenters. The molecule has 114 valence electrons. The van der Waals surface area contributed by atoms with Crippen molar-refractivity contribution < 1.29 is 13.9 Å². The lowest BCUT2D eigenvalue weighted by atomic mass is 9.83. The zero-order valence-corrected chi connectivity index (χ0v) is 13.0. The van der Waals surface area contributed by atoms with Gasteiger partial charge in [0.25, 0.3) is 0 Å². The molecule has 1 amide bonds. The van der Waals surface area contributed by atoms with Crippen molar-refractivity contribution in [3.8, 4) is 0 Å². The fraction of sp³-hybridized carbons (Fsp3) is 0.588. The zero-order valence-electron chi connectivity index (χ0n) is 13.0. The first-order valence-corrected chi connectivity index (χ1v) is 7.68. The molecule has 21 heavy (non-hydrogen) atoms. The Hall–Kier alpha value is -1.71. The molecule has 0 spiro atoms. The highest BCUT2D eigenvalue weighted by Gasteiger charge is 2.39. The Kier molecular flexibility index (Phi) is 3.56. The van der Waals surface area contributed by atoms with Crippen molar-refractivity contribution in [3.63, 3.8) is 0 Å². The van der Waals surface area contributed by atoms with Gasteiger partial charge in [0.1, 0.15) is 5.60 Å². The predicted octanol–water partition coefficient (Wildman–Crippen LogP) is 4.22. The van der Waals surface area contributed by atoms with Crippen molar-refractivity contribution in [1.82, 2.24) is 4.90 Å². The highest BCUT2D eigenvalue weighted by molar-refractivity contribution is 5.74. The van der Waals surface area contributed by atoms with Gasteiger partial charge in [0.2, 0.25) is 0 Å². The standard InChI is InChI=1S/C17H23NO3/c1-17(2,3)21-16(19)18-14-5-4-6-15(18)10-13(9-14)12-7-8-20-11-12/h7-9,11,14-15H,4-6,10H2,1-3H3. The van der Waals surface area contributed by atoms with E-state index in [1.165, 1.54) is 12.0 Å². The van der Waals surface area contributed by atoms with Crippen molar-refractivity contribution >= 4 is 11.7 Å². The van der Waals surface area contributed by atoms with Gasteiger partial charge in [0, 0.05) is 11.6 Å². The lowest BCUT2D eigenvalue weighted by Gasteiger charge is -2.45. The van der Waals surface area contributed by atoms with Gasteiger partial charge in [-0.05, 0) is 58.1 Å². The summed E-state index contributed by atoms with van der Waals surface area (Å²) in [6.07, 6.45) is 9.63. The molecule has 4 heteroatoms. The molecule has 1 aromatic heterocycles. The number of amides is 1. The topological polar surface area (TPSA) is 42.7 Å². The van der Waals surface area contributed by atoms with Crippen LogP contribution in [0.15, 0.2) is 29.1 Å². The third kappa shape index (κ3) is 2.99. The van der Waals surface area contributed by atoms with E-state index >= 15 is 0 Å². The number of hydrogen-bond acceptors (Lipinski definition) is 3. The second-order valence-electron chi connectivity index (χ2n) is 6.95. The van der Waals surface area contributed by atoms with E-state index in [0.29, 0.717) is 0 Å². The molecule has 3 heterocycles. The van der Waals surface area contributed by atoms with Crippen LogP contribution in [0.4, 0.5) is 4.79 Å². The highest BCUT2D eigenvalue weighted by atomic mass is 16.6. The van der Waals surface area contributed by atoms with E-state index in [2.05, 4.69) is 6.08 Å². The van der Waals surface area contributed by atoms with Crippen LogP contribution < -0.4 is 0 Å². The van der Waals surface area contributed by atoms with Crippen LogP contribution in [0.25, 0.3) is 5.57 Å². The van der Waals surface area contributed by atoms with Crippen molar-refractivity contribution in [2.45, 2.75) is 64.1 Å². The fourth-order valence-corrected chi connectivity index (χ4v) is 3.29. The number of nitrogens with zero attached hydrogens (tertiary/aromatic N) is 1. The number of rotatable bonds is 1. The summed E-state index contributed by atoms with van der Waals surface area (Å²) in [5, 5.41) is 0. The van der Waals surface area contributed by atoms with Crippen LogP contribution in [0.2, 0.25) is 0 Å². The number of ether oxygens (including phenoxy) is 1. The molecule has 1 fully saturated rings. The van der Waals surface area contributed by atoms with E-state index in [-0.39, 0.29) is 18.2 Å². The van der Waals surface area contributed by atoms with Crippen LogP contribution in [0.5, 0.6) is 0 Å². The normalized spacial score (nSPS) is 25.5. The first kappa shape index (κ1) is 14.2. The van der Waals surface area contributed by atoms with E-state index < -0.39 is 5.60 Å². The molecule has 2 aliphatic heterocycles. The van der Waals surface area contributed by atoms with Crippen molar-refractivity contribution in [3.05, 3.63) is 30.2 Å². The minimum atomic E-state index is -0.445. The zero-order chi connectivity index (χ0) is 15.0. The minimum absolute atomic E-state index is 0.150. The summed E-state index contributed by atoms with van der Waals surface area (Å²) in [6, 6.07) is 2.38. The average molecular weight is 289 g/mol. The van der Waals surface area contributed by atoms with Gasteiger partial charge >= 0.3 is 6.09 Å². The van der Waals surface area contributed by atoms with Crippen LogP contribution in [0, 0.1) is 0 Å². The predicted molar refractivity (Wildman–Crippen MR) is 80.8 cm³/mol. The molecule has 0 N–H and O–H groups in total. The molecule has 4 nitrogen and oxygen atoms in total. The number of carbonyl (C=O) groups is 1. The first-order valence-electron chi connectivity index (χ1n) is 7.68. The Morgan fingerprint density at radius 2 is 2.19 bits per heavy atom. The van der Waals surface area contributed by atoms with E-state index in [1.54, 1.807) is 12.5 Å². The van der Waals surface area contributed by atoms with E-state index in [0.717, 1.165) is 24.8 Å². The number of furan rings is 1. The molecular weight excluding hydrogens is 266 g/mol. The SMILES string of the molecule is CC(C)(C)OC(=O)N1C2C=C(c3ccoc3)CC1CCC2. The van der Waals surface area contributed by atoms with Crippen LogP contribution in [-0.4, -0.2) is 28.7 Å². The summed E-state index contributed by atoms with van der Waals surface area (Å²) < 4.78 is 10.8. The lowest BCUT2D eigenvalue weighted by molar-refractivity contribution is 0.0000866. The van der Waals surface area contributed by atoms with Crippen molar-refractivity contribution in [1.29, 1.82) is 0 Å². The molecule has 3 rings (SSSR count). The second kappa shape index (κ2) is 5.24. The maximum absolute atomic E-state index is 12.5. The van der Waals surface area contributed by atoms with Gasteiger partial charge < -0.3 is 9.15 Å². The Morgan fingerprint density at radius 3 is 2.81 bits per heavy atom. The molecule has 0 radical (unpaired) electrons. The van der Waals surface area contributed by atoms with Gasteiger partial charge in [0.05, 0.1) is 18.6 Å². The van der Waals surface area contributed by atoms with E-state index in [4.69, 9.17) is 9.15 Å². The fourth-order valence-electron chi connectivity index (χ4n) is 3.29. The maximum Gasteiger partial charge on any atom is 0.411 e. The van der Waals surface area contributed by atoms with Crippen LogP contribution in [0.3, 0.4) is 0 Å². The van der Waals surface area contributed by atoms with Gasteiger partial charge in [-0.2, -0.15) is 0 Å². The van der Waals surface area contributed by atoms with Gasteiger partial charge in [0.15, 0.2) is 0 Å². The second-order valence-corrected chi connectivity index (χ2v) is 6.95. The van der Waals surface area contributed by atoms with Crippen molar-refractivity contribution in [2.75, 3.05) is 0 Å². The molecular formula is C17H23NO3. The quantitative estimate of drug-likeness (QED) is 0.777. The molecule has 2 atom stereocenters. The largest absolute Gasteiger partial charge is 0.472 e. The Labute approximate surface area is 125 Å².